The van der Waals surface area contributed by atoms with E-state index in [9.17, 15) is 0 Å². The average Bonchev–Trinajstić information content (AvgIpc) is 2.82. The molecule has 2 aromatic rings. The van der Waals surface area contributed by atoms with Crippen molar-refractivity contribution < 1.29 is 9.15 Å². The number of hydrogen-bond acceptors (Lipinski definition) is 4. The zero-order valence-corrected chi connectivity index (χ0v) is 13.0. The molecule has 2 heterocycles. The second-order valence-corrected chi connectivity index (χ2v) is 5.89. The first-order valence-corrected chi connectivity index (χ1v) is 7.53. The van der Waals surface area contributed by atoms with Gasteiger partial charge in [-0.1, -0.05) is 23.7 Å². The number of nitrogens with zero attached hydrogens (tertiary/aromatic N) is 1. The third-order valence-corrected chi connectivity index (χ3v) is 4.06. The molecule has 0 amide bonds. The Morgan fingerprint density at radius 2 is 2.05 bits per heavy atom. The van der Waals surface area contributed by atoms with Gasteiger partial charge in [-0.05, 0) is 38.0 Å². The van der Waals surface area contributed by atoms with Crippen molar-refractivity contribution in [2.75, 3.05) is 13.2 Å². The lowest BCUT2D eigenvalue weighted by Crippen LogP contribution is -2.44. The summed E-state index contributed by atoms with van der Waals surface area (Å²) in [5.41, 5.74) is 2.18. The first-order valence-electron chi connectivity index (χ1n) is 7.15. The van der Waals surface area contributed by atoms with Crippen LogP contribution in [-0.4, -0.2) is 24.2 Å². The molecule has 0 aliphatic carbocycles. The normalized spacial score (nSPS) is 22.4. The molecule has 1 aromatic heterocycles. The van der Waals surface area contributed by atoms with Crippen molar-refractivity contribution >= 4 is 11.6 Å². The molecule has 1 saturated heterocycles. The summed E-state index contributed by atoms with van der Waals surface area (Å²) in [6.45, 7) is 5.23. The molecule has 2 unspecified atom stereocenters. The van der Waals surface area contributed by atoms with E-state index < -0.39 is 0 Å². The molecule has 1 fully saturated rings. The monoisotopic (exact) mass is 306 g/mol. The van der Waals surface area contributed by atoms with E-state index in [0.29, 0.717) is 18.5 Å². The van der Waals surface area contributed by atoms with Crippen LogP contribution in [0.3, 0.4) is 0 Å². The van der Waals surface area contributed by atoms with Crippen LogP contribution >= 0.6 is 11.6 Å². The average molecular weight is 307 g/mol. The van der Waals surface area contributed by atoms with Crippen LogP contribution in [0.1, 0.15) is 29.0 Å². The zero-order chi connectivity index (χ0) is 14.8. The molecule has 1 aliphatic rings. The quantitative estimate of drug-likeness (QED) is 0.946. The first-order chi connectivity index (χ1) is 10.1. The number of oxazole rings is 1. The molecule has 1 N–H and O–H groups in total. The fraction of sp³-hybridized carbons (Fsp3) is 0.438. The lowest BCUT2D eigenvalue weighted by atomic mass is 10.1. The molecular formula is C16H19ClN2O2. The topological polar surface area (TPSA) is 47.3 Å². The highest BCUT2D eigenvalue weighted by Crippen LogP contribution is 2.22. The molecule has 5 heteroatoms. The molecule has 21 heavy (non-hydrogen) atoms. The highest BCUT2D eigenvalue weighted by Gasteiger charge is 2.26. The minimum atomic E-state index is -0.0983. The van der Waals surface area contributed by atoms with Gasteiger partial charge in [-0.15, -0.1) is 0 Å². The van der Waals surface area contributed by atoms with Gasteiger partial charge in [-0.3, -0.25) is 0 Å². The fourth-order valence-electron chi connectivity index (χ4n) is 2.45. The van der Waals surface area contributed by atoms with Crippen LogP contribution in [0.2, 0.25) is 5.02 Å². The third kappa shape index (κ3) is 3.46. The van der Waals surface area contributed by atoms with Crippen LogP contribution in [0, 0.1) is 13.8 Å². The maximum Gasteiger partial charge on any atom is 0.225 e. The van der Waals surface area contributed by atoms with Gasteiger partial charge in [-0.25, -0.2) is 4.98 Å². The van der Waals surface area contributed by atoms with Crippen LogP contribution in [-0.2, 0) is 11.2 Å². The van der Waals surface area contributed by atoms with Gasteiger partial charge in [0.15, 0.2) is 0 Å². The minimum Gasteiger partial charge on any atom is -0.443 e. The van der Waals surface area contributed by atoms with Crippen molar-refractivity contribution in [3.63, 3.8) is 0 Å². The number of morpholine rings is 1. The molecule has 0 saturated carbocycles. The molecule has 3 rings (SSSR count). The smallest absolute Gasteiger partial charge is 0.225 e. The van der Waals surface area contributed by atoms with Crippen LogP contribution < -0.4 is 5.32 Å². The molecule has 112 valence electrons. The van der Waals surface area contributed by atoms with Gasteiger partial charge in [0, 0.05) is 17.6 Å². The van der Waals surface area contributed by atoms with E-state index in [2.05, 4.69) is 22.4 Å². The highest BCUT2D eigenvalue weighted by molar-refractivity contribution is 6.30. The zero-order valence-electron chi connectivity index (χ0n) is 12.2. The summed E-state index contributed by atoms with van der Waals surface area (Å²) in [6, 6.07) is 8.25. The third-order valence-electron chi connectivity index (χ3n) is 3.81. The van der Waals surface area contributed by atoms with E-state index >= 15 is 0 Å². The summed E-state index contributed by atoms with van der Waals surface area (Å²) in [5.74, 6) is 1.53. The van der Waals surface area contributed by atoms with Gasteiger partial charge in [-0.2, -0.15) is 0 Å². The van der Waals surface area contributed by atoms with Crippen molar-refractivity contribution in [1.82, 2.24) is 10.3 Å². The fourth-order valence-corrected chi connectivity index (χ4v) is 2.58. The van der Waals surface area contributed by atoms with Crippen molar-refractivity contribution in [3.8, 4) is 0 Å². The Labute approximate surface area is 129 Å². The van der Waals surface area contributed by atoms with Crippen LogP contribution in [0.15, 0.2) is 28.7 Å². The van der Waals surface area contributed by atoms with Crippen molar-refractivity contribution in [2.45, 2.75) is 32.4 Å². The van der Waals surface area contributed by atoms with E-state index in [1.54, 1.807) is 0 Å². The van der Waals surface area contributed by atoms with Crippen molar-refractivity contribution in [3.05, 3.63) is 52.2 Å². The Morgan fingerprint density at radius 1 is 1.29 bits per heavy atom. The van der Waals surface area contributed by atoms with Crippen molar-refractivity contribution in [1.29, 1.82) is 0 Å². The minimum absolute atomic E-state index is 0.0983. The largest absolute Gasteiger partial charge is 0.443 e. The van der Waals surface area contributed by atoms with Crippen LogP contribution in [0.25, 0.3) is 0 Å². The summed E-state index contributed by atoms with van der Waals surface area (Å²) < 4.78 is 11.5. The Hall–Kier alpha value is -1.36. The Morgan fingerprint density at radius 3 is 2.62 bits per heavy atom. The van der Waals surface area contributed by atoms with Gasteiger partial charge in [0.2, 0.25) is 5.89 Å². The van der Waals surface area contributed by atoms with E-state index in [1.807, 2.05) is 26.0 Å². The van der Waals surface area contributed by atoms with E-state index in [4.69, 9.17) is 20.8 Å². The predicted octanol–water partition coefficient (Wildman–Crippen LogP) is 3.22. The lowest BCUT2D eigenvalue weighted by Gasteiger charge is -2.28. The number of aryl methyl sites for hydroxylation is 2. The molecule has 0 bridgehead atoms. The number of rotatable bonds is 3. The van der Waals surface area contributed by atoms with Gasteiger partial charge in [0.1, 0.15) is 11.9 Å². The van der Waals surface area contributed by atoms with Gasteiger partial charge in [0.25, 0.3) is 0 Å². The Bertz CT molecular complexity index is 582. The summed E-state index contributed by atoms with van der Waals surface area (Å²) in [6.07, 6.45) is 0.826. The summed E-state index contributed by atoms with van der Waals surface area (Å²) in [4.78, 5) is 4.41. The number of aromatic nitrogens is 1. The summed E-state index contributed by atoms with van der Waals surface area (Å²) in [5, 5.41) is 4.27. The molecule has 1 aromatic carbocycles. The number of ether oxygens (including phenoxy) is 1. The van der Waals surface area contributed by atoms with Gasteiger partial charge < -0.3 is 14.5 Å². The number of benzene rings is 1. The SMILES string of the molecule is Cc1nc(C2CNC(Cc3ccc(Cl)cc3)CO2)oc1C. The van der Waals surface area contributed by atoms with Crippen LogP contribution in [0.5, 0.6) is 0 Å². The Balaban J connectivity index is 1.56. The number of nitrogens with one attached hydrogen (secondary N) is 1. The molecule has 0 radical (unpaired) electrons. The first kappa shape index (κ1) is 14.6. The molecule has 1 aliphatic heterocycles. The summed E-state index contributed by atoms with van der Waals surface area (Å²) >= 11 is 5.90. The second kappa shape index (κ2) is 6.18. The maximum atomic E-state index is 5.90. The van der Waals surface area contributed by atoms with Crippen molar-refractivity contribution in [2.24, 2.45) is 0 Å². The van der Waals surface area contributed by atoms with Gasteiger partial charge in [0.05, 0.1) is 12.3 Å². The highest BCUT2D eigenvalue weighted by atomic mass is 35.5. The predicted molar refractivity (Wildman–Crippen MR) is 81.6 cm³/mol. The maximum absolute atomic E-state index is 5.90. The molecule has 0 spiro atoms. The summed E-state index contributed by atoms with van der Waals surface area (Å²) in [7, 11) is 0. The molecule has 2 atom stereocenters. The van der Waals surface area contributed by atoms with E-state index in [-0.39, 0.29) is 6.10 Å². The second-order valence-electron chi connectivity index (χ2n) is 5.45. The lowest BCUT2D eigenvalue weighted by molar-refractivity contribution is -0.0119. The number of halogens is 1. The van der Waals surface area contributed by atoms with Crippen LogP contribution in [0.4, 0.5) is 0 Å². The van der Waals surface area contributed by atoms with Gasteiger partial charge >= 0.3 is 0 Å². The standard InChI is InChI=1S/C16H19ClN2O2/c1-10-11(2)21-16(19-10)15-8-18-14(9-20-15)7-12-3-5-13(17)6-4-12/h3-6,14-15,18H,7-9H2,1-2H3. The Kier molecular flexibility index (Phi) is 4.29. The number of hydrogen-bond donors (Lipinski definition) is 1. The molecule has 4 nitrogen and oxygen atoms in total. The van der Waals surface area contributed by atoms with E-state index in [1.165, 1.54) is 5.56 Å². The molecular weight excluding hydrogens is 288 g/mol. The van der Waals surface area contributed by atoms with E-state index in [0.717, 1.165) is 29.4 Å².